The molecule has 0 bridgehead atoms. The highest BCUT2D eigenvalue weighted by Crippen LogP contribution is 2.27. The van der Waals surface area contributed by atoms with Gasteiger partial charge in [0.2, 0.25) is 0 Å². The summed E-state index contributed by atoms with van der Waals surface area (Å²) in [6.07, 6.45) is 0. The van der Waals surface area contributed by atoms with Crippen LogP contribution in [0.2, 0.25) is 0 Å². The summed E-state index contributed by atoms with van der Waals surface area (Å²) in [6.45, 7) is 0. The highest BCUT2D eigenvalue weighted by atomic mass is 19.1. The van der Waals surface area contributed by atoms with Crippen LogP contribution in [0.25, 0.3) is 11.1 Å². The van der Waals surface area contributed by atoms with E-state index < -0.39 is 5.82 Å². The Balaban J connectivity index is 2.03. The average molecular weight is 292 g/mol. The Labute approximate surface area is 127 Å². The van der Waals surface area contributed by atoms with Crippen molar-refractivity contribution >= 4 is 5.78 Å². The first-order valence-electron chi connectivity index (χ1n) is 6.84. The molecule has 0 atom stereocenters. The molecule has 0 saturated heterocycles. The van der Waals surface area contributed by atoms with Gasteiger partial charge < -0.3 is 5.11 Å². The van der Waals surface area contributed by atoms with Gasteiger partial charge in [-0.3, -0.25) is 4.79 Å². The van der Waals surface area contributed by atoms with E-state index in [1.807, 2.05) is 30.3 Å². The van der Waals surface area contributed by atoms with Crippen molar-refractivity contribution in [3.63, 3.8) is 0 Å². The van der Waals surface area contributed by atoms with Gasteiger partial charge >= 0.3 is 0 Å². The number of benzene rings is 3. The Morgan fingerprint density at radius 2 is 1.50 bits per heavy atom. The third-order valence-electron chi connectivity index (χ3n) is 3.45. The smallest absolute Gasteiger partial charge is 0.196 e. The van der Waals surface area contributed by atoms with E-state index in [1.54, 1.807) is 12.1 Å². The highest BCUT2D eigenvalue weighted by Gasteiger charge is 2.14. The van der Waals surface area contributed by atoms with Crippen molar-refractivity contribution in [1.29, 1.82) is 0 Å². The predicted molar refractivity (Wildman–Crippen MR) is 83.4 cm³/mol. The third-order valence-corrected chi connectivity index (χ3v) is 3.45. The lowest BCUT2D eigenvalue weighted by Gasteiger charge is -2.08. The Kier molecular flexibility index (Phi) is 3.71. The maximum Gasteiger partial charge on any atom is 0.196 e. The van der Waals surface area contributed by atoms with Crippen LogP contribution in [0, 0.1) is 5.82 Å². The maximum absolute atomic E-state index is 13.0. The normalized spacial score (nSPS) is 10.4. The second-order valence-corrected chi connectivity index (χ2v) is 4.93. The minimum atomic E-state index is -0.404. The molecule has 22 heavy (non-hydrogen) atoms. The molecule has 2 nitrogen and oxygen atoms in total. The fourth-order valence-corrected chi connectivity index (χ4v) is 2.28. The molecule has 0 radical (unpaired) electrons. The van der Waals surface area contributed by atoms with Crippen LogP contribution in [-0.4, -0.2) is 10.9 Å². The Morgan fingerprint density at radius 3 is 2.18 bits per heavy atom. The second kappa shape index (κ2) is 5.82. The SMILES string of the molecule is O=C(c1ccc(F)cc1)c1cc(-c2ccccc2)ccc1O. The molecule has 0 heterocycles. The summed E-state index contributed by atoms with van der Waals surface area (Å²) < 4.78 is 13.0. The Hall–Kier alpha value is -2.94. The number of ketones is 1. The lowest BCUT2D eigenvalue weighted by Crippen LogP contribution is -2.02. The van der Waals surface area contributed by atoms with Gasteiger partial charge in [-0.25, -0.2) is 4.39 Å². The first-order chi connectivity index (χ1) is 10.6. The highest BCUT2D eigenvalue weighted by molar-refractivity contribution is 6.11. The monoisotopic (exact) mass is 292 g/mol. The molecule has 0 fully saturated rings. The molecule has 0 amide bonds. The van der Waals surface area contributed by atoms with Crippen LogP contribution in [0.15, 0.2) is 72.8 Å². The van der Waals surface area contributed by atoms with Gasteiger partial charge in [-0.2, -0.15) is 0 Å². The van der Waals surface area contributed by atoms with Crippen LogP contribution in [0.4, 0.5) is 4.39 Å². The number of carbonyl (C=O) groups excluding carboxylic acids is 1. The van der Waals surface area contributed by atoms with Crippen molar-refractivity contribution in [2.24, 2.45) is 0 Å². The van der Waals surface area contributed by atoms with Crippen LogP contribution in [0.5, 0.6) is 5.75 Å². The average Bonchev–Trinajstić information content (AvgIpc) is 2.56. The van der Waals surface area contributed by atoms with Crippen LogP contribution in [0.1, 0.15) is 15.9 Å². The van der Waals surface area contributed by atoms with Crippen LogP contribution in [-0.2, 0) is 0 Å². The lowest BCUT2D eigenvalue weighted by molar-refractivity contribution is 0.103. The number of phenols is 1. The van der Waals surface area contributed by atoms with Gasteiger partial charge in [-0.05, 0) is 47.5 Å². The summed E-state index contributed by atoms with van der Waals surface area (Å²) in [7, 11) is 0. The summed E-state index contributed by atoms with van der Waals surface area (Å²) >= 11 is 0. The molecule has 0 unspecified atom stereocenters. The maximum atomic E-state index is 13.0. The first-order valence-corrected chi connectivity index (χ1v) is 6.84. The number of hydrogen-bond acceptors (Lipinski definition) is 2. The van der Waals surface area contributed by atoms with Crippen molar-refractivity contribution in [2.45, 2.75) is 0 Å². The van der Waals surface area contributed by atoms with E-state index in [0.29, 0.717) is 5.56 Å². The van der Waals surface area contributed by atoms with E-state index in [2.05, 4.69) is 0 Å². The molecular weight excluding hydrogens is 279 g/mol. The van der Waals surface area contributed by atoms with Crippen LogP contribution in [0.3, 0.4) is 0 Å². The van der Waals surface area contributed by atoms with E-state index in [9.17, 15) is 14.3 Å². The quantitative estimate of drug-likeness (QED) is 0.725. The molecule has 3 heteroatoms. The number of aromatic hydroxyl groups is 1. The van der Waals surface area contributed by atoms with Gasteiger partial charge in [-0.15, -0.1) is 0 Å². The number of phenolic OH excluding ortho intramolecular Hbond substituents is 1. The van der Waals surface area contributed by atoms with Crippen LogP contribution < -0.4 is 0 Å². The minimum absolute atomic E-state index is 0.0889. The second-order valence-electron chi connectivity index (χ2n) is 4.93. The summed E-state index contributed by atoms with van der Waals surface area (Å²) in [5, 5.41) is 9.97. The number of hydrogen-bond donors (Lipinski definition) is 1. The van der Waals surface area contributed by atoms with Gasteiger partial charge in [0.1, 0.15) is 11.6 Å². The molecule has 3 aromatic rings. The summed E-state index contributed by atoms with van der Waals surface area (Å²) in [5.41, 5.74) is 2.33. The molecule has 1 N–H and O–H groups in total. The molecule has 0 aliphatic rings. The zero-order valence-corrected chi connectivity index (χ0v) is 11.7. The third kappa shape index (κ3) is 2.74. The van der Waals surface area contributed by atoms with Crippen molar-refractivity contribution in [3.8, 4) is 16.9 Å². The first kappa shape index (κ1) is 14.0. The fraction of sp³-hybridized carbons (Fsp3) is 0. The van der Waals surface area contributed by atoms with Crippen LogP contribution >= 0.6 is 0 Å². The largest absolute Gasteiger partial charge is 0.507 e. The topological polar surface area (TPSA) is 37.3 Å². The number of carbonyl (C=O) groups is 1. The minimum Gasteiger partial charge on any atom is -0.507 e. The van der Waals surface area contributed by atoms with E-state index in [-0.39, 0.29) is 17.1 Å². The van der Waals surface area contributed by atoms with E-state index in [0.717, 1.165) is 11.1 Å². The molecule has 0 aromatic heterocycles. The molecule has 0 aliphatic carbocycles. The number of halogens is 1. The molecule has 3 rings (SSSR count). The predicted octanol–water partition coefficient (Wildman–Crippen LogP) is 4.43. The van der Waals surface area contributed by atoms with Crippen molar-refractivity contribution in [1.82, 2.24) is 0 Å². The van der Waals surface area contributed by atoms with Crippen molar-refractivity contribution in [3.05, 3.63) is 89.7 Å². The summed E-state index contributed by atoms with van der Waals surface area (Å²) in [4.78, 5) is 12.5. The van der Waals surface area contributed by atoms with Gasteiger partial charge in [0.05, 0.1) is 5.56 Å². The van der Waals surface area contributed by atoms with Gasteiger partial charge in [0, 0.05) is 5.56 Å². The van der Waals surface area contributed by atoms with Crippen molar-refractivity contribution in [2.75, 3.05) is 0 Å². The van der Waals surface area contributed by atoms with Gasteiger partial charge in [-0.1, -0.05) is 36.4 Å². The van der Waals surface area contributed by atoms with E-state index in [1.165, 1.54) is 30.3 Å². The molecule has 0 spiro atoms. The molecule has 108 valence electrons. The molecule has 3 aromatic carbocycles. The summed E-state index contributed by atoms with van der Waals surface area (Å²) in [6, 6.07) is 19.8. The zero-order valence-electron chi connectivity index (χ0n) is 11.7. The molecule has 0 aliphatic heterocycles. The zero-order chi connectivity index (χ0) is 15.5. The van der Waals surface area contributed by atoms with E-state index >= 15 is 0 Å². The lowest BCUT2D eigenvalue weighted by atomic mass is 9.97. The van der Waals surface area contributed by atoms with E-state index in [4.69, 9.17) is 0 Å². The Morgan fingerprint density at radius 1 is 0.818 bits per heavy atom. The Bertz CT molecular complexity index is 809. The van der Waals surface area contributed by atoms with Gasteiger partial charge in [0.15, 0.2) is 5.78 Å². The standard InChI is InChI=1S/C19H13FO2/c20-16-9-6-14(7-10-16)19(22)17-12-15(8-11-18(17)21)13-4-2-1-3-5-13/h1-12,21H. The number of rotatable bonds is 3. The summed E-state index contributed by atoms with van der Waals surface area (Å²) in [5.74, 6) is -0.830. The van der Waals surface area contributed by atoms with Crippen molar-refractivity contribution < 1.29 is 14.3 Å². The fourth-order valence-electron chi connectivity index (χ4n) is 2.28. The molecular formula is C19H13FO2. The van der Waals surface area contributed by atoms with Gasteiger partial charge in [0.25, 0.3) is 0 Å². The molecule has 0 saturated carbocycles.